The zero-order valence-corrected chi connectivity index (χ0v) is 9.16. The highest BCUT2D eigenvalue weighted by molar-refractivity contribution is 6.76. The maximum atomic E-state index is 11.3. The first-order valence-corrected chi connectivity index (χ1v) is 7.89. The van der Waals surface area contributed by atoms with E-state index in [4.69, 9.17) is 9.15 Å². The second kappa shape index (κ2) is 3.78. The zero-order valence-electron chi connectivity index (χ0n) is 8.16. The maximum Gasteiger partial charge on any atom is 0.341 e. The monoisotopic (exact) mass is 198 g/mol. The van der Waals surface area contributed by atoms with Gasteiger partial charge >= 0.3 is 5.97 Å². The van der Waals surface area contributed by atoms with Crippen LogP contribution >= 0.6 is 0 Å². The average Bonchev–Trinajstić information content (AvgIpc) is 2.50. The van der Waals surface area contributed by atoms with Gasteiger partial charge in [0.15, 0.2) is 0 Å². The molecule has 1 aromatic rings. The third-order valence-corrected chi connectivity index (χ3v) is 2.40. The number of carbonyl (C=O) groups is 1. The lowest BCUT2D eigenvalue weighted by Gasteiger charge is -2.14. The van der Waals surface area contributed by atoms with E-state index in [1.165, 1.54) is 12.5 Å². The minimum absolute atomic E-state index is 0.295. The Kier molecular flexibility index (Phi) is 2.93. The molecule has 1 heterocycles. The molecule has 0 atom stereocenters. The number of carbonyl (C=O) groups excluding carboxylic acids is 1. The Hall–Kier alpha value is -1.03. The smallest absolute Gasteiger partial charge is 0.341 e. The highest BCUT2D eigenvalue weighted by Crippen LogP contribution is 2.06. The molecule has 13 heavy (non-hydrogen) atoms. The quantitative estimate of drug-likeness (QED) is 0.552. The number of ether oxygens (including phenoxy) is 1. The zero-order chi connectivity index (χ0) is 9.90. The van der Waals surface area contributed by atoms with Crippen molar-refractivity contribution < 1.29 is 13.9 Å². The topological polar surface area (TPSA) is 39.4 Å². The maximum absolute atomic E-state index is 11.3. The fourth-order valence-electron chi connectivity index (χ4n) is 0.746. The molecule has 0 N–H and O–H groups in total. The van der Waals surface area contributed by atoms with Crippen molar-refractivity contribution in [3.8, 4) is 0 Å². The van der Waals surface area contributed by atoms with Gasteiger partial charge in [-0.15, -0.1) is 0 Å². The van der Waals surface area contributed by atoms with Crippen molar-refractivity contribution in [2.75, 3.05) is 6.23 Å². The van der Waals surface area contributed by atoms with E-state index in [0.717, 1.165) is 0 Å². The van der Waals surface area contributed by atoms with E-state index in [9.17, 15) is 4.79 Å². The fourth-order valence-corrected chi connectivity index (χ4v) is 1.31. The van der Waals surface area contributed by atoms with Crippen LogP contribution in [0.2, 0.25) is 19.6 Å². The Bertz CT molecular complexity index is 272. The predicted octanol–water partition coefficient (Wildman–Crippen LogP) is 2.31. The number of hydrogen-bond donors (Lipinski definition) is 0. The van der Waals surface area contributed by atoms with Crippen LogP contribution in [0.25, 0.3) is 0 Å². The van der Waals surface area contributed by atoms with Gasteiger partial charge in [-0.1, -0.05) is 19.6 Å². The van der Waals surface area contributed by atoms with Gasteiger partial charge in [0.05, 0.1) is 26.1 Å². The molecule has 0 unspecified atom stereocenters. The van der Waals surface area contributed by atoms with Gasteiger partial charge in [0.25, 0.3) is 0 Å². The molecule has 0 aliphatic carbocycles. The van der Waals surface area contributed by atoms with Crippen molar-refractivity contribution in [2.45, 2.75) is 19.6 Å². The van der Waals surface area contributed by atoms with Crippen LogP contribution in [0.15, 0.2) is 23.0 Å². The Morgan fingerprint density at radius 3 is 2.69 bits per heavy atom. The Morgan fingerprint density at radius 1 is 1.54 bits per heavy atom. The Morgan fingerprint density at radius 2 is 2.23 bits per heavy atom. The van der Waals surface area contributed by atoms with Gasteiger partial charge in [0.1, 0.15) is 6.26 Å². The largest absolute Gasteiger partial charge is 0.472 e. The van der Waals surface area contributed by atoms with Crippen LogP contribution in [-0.2, 0) is 4.74 Å². The van der Waals surface area contributed by atoms with Crippen molar-refractivity contribution in [1.29, 1.82) is 0 Å². The third kappa shape index (κ3) is 3.46. The van der Waals surface area contributed by atoms with Crippen molar-refractivity contribution >= 4 is 14.0 Å². The van der Waals surface area contributed by atoms with Gasteiger partial charge < -0.3 is 9.15 Å². The van der Waals surface area contributed by atoms with Gasteiger partial charge in [-0.25, -0.2) is 4.79 Å². The molecule has 4 heteroatoms. The molecule has 0 spiro atoms. The summed E-state index contributed by atoms with van der Waals surface area (Å²) >= 11 is 0. The van der Waals surface area contributed by atoms with E-state index in [-0.39, 0.29) is 5.97 Å². The fraction of sp³-hybridized carbons (Fsp3) is 0.444. The van der Waals surface area contributed by atoms with Crippen molar-refractivity contribution in [3.05, 3.63) is 24.2 Å². The van der Waals surface area contributed by atoms with Gasteiger partial charge in [0, 0.05) is 0 Å². The molecule has 1 aromatic heterocycles. The highest BCUT2D eigenvalue weighted by Gasteiger charge is 2.17. The summed E-state index contributed by atoms with van der Waals surface area (Å²) in [4.78, 5) is 11.3. The molecule has 0 aliphatic heterocycles. The Labute approximate surface area is 78.7 Å². The van der Waals surface area contributed by atoms with Gasteiger partial charge in [-0.2, -0.15) is 0 Å². The average molecular weight is 198 g/mol. The first kappa shape index (κ1) is 10.1. The van der Waals surface area contributed by atoms with Gasteiger partial charge in [-0.3, -0.25) is 0 Å². The molecule has 72 valence electrons. The molecule has 0 bridgehead atoms. The van der Waals surface area contributed by atoms with Gasteiger partial charge in [-0.05, 0) is 6.07 Å². The highest BCUT2D eigenvalue weighted by atomic mass is 28.3. The van der Waals surface area contributed by atoms with Crippen LogP contribution in [0.5, 0.6) is 0 Å². The first-order chi connectivity index (χ1) is 5.99. The van der Waals surface area contributed by atoms with E-state index in [1.54, 1.807) is 6.07 Å². The first-order valence-electron chi connectivity index (χ1n) is 4.18. The molecule has 0 aliphatic rings. The van der Waals surface area contributed by atoms with Crippen molar-refractivity contribution in [2.24, 2.45) is 0 Å². The summed E-state index contributed by atoms with van der Waals surface area (Å²) in [5.41, 5.74) is 0.484. The summed E-state index contributed by atoms with van der Waals surface area (Å²) in [5, 5.41) is 0. The van der Waals surface area contributed by atoms with Crippen LogP contribution < -0.4 is 0 Å². The molecule has 0 amide bonds. The van der Waals surface area contributed by atoms with Crippen molar-refractivity contribution in [3.63, 3.8) is 0 Å². The predicted molar refractivity (Wildman–Crippen MR) is 52.3 cm³/mol. The molecule has 0 aromatic carbocycles. The summed E-state index contributed by atoms with van der Waals surface area (Å²) in [6, 6.07) is 1.60. The summed E-state index contributed by atoms with van der Waals surface area (Å²) in [5.74, 6) is -0.295. The van der Waals surface area contributed by atoms with Gasteiger partial charge in [0.2, 0.25) is 0 Å². The number of hydrogen-bond acceptors (Lipinski definition) is 3. The summed E-state index contributed by atoms with van der Waals surface area (Å²) in [7, 11) is -1.31. The number of esters is 1. The van der Waals surface area contributed by atoms with E-state index >= 15 is 0 Å². The van der Waals surface area contributed by atoms with Crippen molar-refractivity contribution in [1.82, 2.24) is 0 Å². The second-order valence-corrected chi connectivity index (χ2v) is 9.56. The SMILES string of the molecule is C[Si](C)(C)COC(=O)c1ccoc1. The van der Waals surface area contributed by atoms with Crippen LogP contribution in [0, 0.1) is 0 Å². The van der Waals surface area contributed by atoms with E-state index in [0.29, 0.717) is 11.8 Å². The van der Waals surface area contributed by atoms with Crippen LogP contribution in [0.4, 0.5) is 0 Å². The molecule has 3 nitrogen and oxygen atoms in total. The Balaban J connectivity index is 2.44. The number of furan rings is 1. The summed E-state index contributed by atoms with van der Waals surface area (Å²) in [6.07, 6.45) is 3.41. The summed E-state index contributed by atoms with van der Waals surface area (Å²) in [6.45, 7) is 6.45. The minimum atomic E-state index is -1.31. The standard InChI is InChI=1S/C9H14O3Si/c1-13(2,3)7-12-9(10)8-4-5-11-6-8/h4-6H,7H2,1-3H3. The van der Waals surface area contributed by atoms with Crippen LogP contribution in [0.1, 0.15) is 10.4 Å². The lowest BCUT2D eigenvalue weighted by molar-refractivity contribution is 0.0564. The van der Waals surface area contributed by atoms with Crippen LogP contribution in [-0.4, -0.2) is 20.3 Å². The third-order valence-electron chi connectivity index (χ3n) is 1.39. The molecular formula is C9H14O3Si. The molecular weight excluding hydrogens is 184 g/mol. The molecule has 0 saturated carbocycles. The van der Waals surface area contributed by atoms with Crippen LogP contribution in [0.3, 0.4) is 0 Å². The van der Waals surface area contributed by atoms with E-state index in [2.05, 4.69) is 19.6 Å². The van der Waals surface area contributed by atoms with E-state index in [1.807, 2.05) is 0 Å². The number of rotatable bonds is 3. The van der Waals surface area contributed by atoms with E-state index < -0.39 is 8.07 Å². The summed E-state index contributed by atoms with van der Waals surface area (Å²) < 4.78 is 9.89. The molecule has 0 radical (unpaired) electrons. The normalized spacial score (nSPS) is 11.3. The minimum Gasteiger partial charge on any atom is -0.472 e. The lowest BCUT2D eigenvalue weighted by Crippen LogP contribution is -2.29. The molecule has 0 saturated heterocycles. The molecule has 0 fully saturated rings. The second-order valence-electron chi connectivity index (χ2n) is 4.15. The molecule has 1 rings (SSSR count). The lowest BCUT2D eigenvalue weighted by atomic mass is 10.4.